The van der Waals surface area contributed by atoms with Gasteiger partial charge in [-0.05, 0) is 59.3 Å². The van der Waals surface area contributed by atoms with Gasteiger partial charge in [0.2, 0.25) is 0 Å². The molecule has 0 aliphatic carbocycles. The average Bonchev–Trinajstić information content (AvgIpc) is 3.41. The van der Waals surface area contributed by atoms with E-state index in [-0.39, 0.29) is 11.9 Å². The zero-order valence-electron chi connectivity index (χ0n) is 16.4. The Kier molecular flexibility index (Phi) is 4.36. The third-order valence-corrected chi connectivity index (χ3v) is 6.62. The van der Waals surface area contributed by atoms with E-state index >= 15 is 0 Å². The van der Waals surface area contributed by atoms with Crippen molar-refractivity contribution in [1.82, 2.24) is 14.9 Å². The molecule has 0 saturated heterocycles. The lowest BCUT2D eigenvalue weighted by atomic mass is 9.92. The van der Waals surface area contributed by atoms with Crippen molar-refractivity contribution in [3.05, 3.63) is 81.8 Å². The normalized spacial score (nSPS) is 16.1. The number of thiophene rings is 1. The number of imidazole rings is 1. The van der Waals surface area contributed by atoms with Gasteiger partial charge in [0, 0.05) is 36.8 Å². The number of amides is 1. The van der Waals surface area contributed by atoms with Crippen LogP contribution in [0.1, 0.15) is 32.4 Å². The Morgan fingerprint density at radius 1 is 1.17 bits per heavy atom. The van der Waals surface area contributed by atoms with Crippen molar-refractivity contribution in [1.29, 1.82) is 0 Å². The molecule has 6 heteroatoms. The summed E-state index contributed by atoms with van der Waals surface area (Å²) in [5, 5.41) is 2.14. The highest BCUT2D eigenvalue weighted by atomic mass is 32.1. The maximum Gasteiger partial charge on any atom is 0.254 e. The molecule has 1 unspecified atom stereocenters. The maximum atomic E-state index is 13.5. The van der Waals surface area contributed by atoms with Crippen LogP contribution in [0, 0.1) is 0 Å². The number of nitrogens with zero attached hydrogens (tertiary/aromatic N) is 3. The lowest BCUT2D eigenvalue weighted by Gasteiger charge is -2.36. The minimum absolute atomic E-state index is 0.0556. The minimum atomic E-state index is -0.0637. The summed E-state index contributed by atoms with van der Waals surface area (Å²) in [7, 11) is 4.07. The number of anilines is 1. The molecule has 1 aliphatic heterocycles. The number of aromatic amines is 1. The monoisotopic (exact) mass is 402 g/mol. The highest BCUT2D eigenvalue weighted by Gasteiger charge is 2.33. The van der Waals surface area contributed by atoms with Gasteiger partial charge in [0.05, 0.1) is 23.4 Å². The largest absolute Gasteiger partial charge is 0.378 e. The zero-order chi connectivity index (χ0) is 20.0. The van der Waals surface area contributed by atoms with Crippen LogP contribution in [-0.2, 0) is 6.42 Å². The number of nitrogens with one attached hydrogen (secondary N) is 1. The molecule has 1 aliphatic rings. The molecule has 5 rings (SSSR count). The molecule has 146 valence electrons. The van der Waals surface area contributed by atoms with Crippen LogP contribution in [0.15, 0.2) is 60.2 Å². The first-order chi connectivity index (χ1) is 14.1. The molecule has 1 amide bonds. The van der Waals surface area contributed by atoms with Crippen molar-refractivity contribution in [2.24, 2.45) is 0 Å². The van der Waals surface area contributed by atoms with Crippen molar-refractivity contribution >= 4 is 34.0 Å². The van der Waals surface area contributed by atoms with E-state index in [2.05, 4.69) is 50.6 Å². The molecule has 0 spiro atoms. The molecule has 2 aromatic carbocycles. The Balaban J connectivity index is 1.56. The second kappa shape index (κ2) is 7.04. The number of carbonyl (C=O) groups is 1. The van der Waals surface area contributed by atoms with Gasteiger partial charge in [-0.15, -0.1) is 11.3 Å². The molecule has 2 aromatic heterocycles. The van der Waals surface area contributed by atoms with Gasteiger partial charge in [-0.1, -0.05) is 12.1 Å². The Morgan fingerprint density at radius 2 is 2.00 bits per heavy atom. The second-order valence-electron chi connectivity index (χ2n) is 7.57. The minimum Gasteiger partial charge on any atom is -0.378 e. The smallest absolute Gasteiger partial charge is 0.254 e. The first-order valence-electron chi connectivity index (χ1n) is 9.69. The molecule has 0 saturated carbocycles. The van der Waals surface area contributed by atoms with Crippen LogP contribution >= 0.6 is 11.3 Å². The van der Waals surface area contributed by atoms with Crippen LogP contribution in [0.2, 0.25) is 0 Å². The molecule has 0 fully saturated rings. The average molecular weight is 403 g/mol. The van der Waals surface area contributed by atoms with E-state index in [0.717, 1.165) is 28.7 Å². The summed E-state index contributed by atoms with van der Waals surface area (Å²) in [6, 6.07) is 16.3. The number of hydrogen-bond acceptors (Lipinski definition) is 4. The summed E-state index contributed by atoms with van der Waals surface area (Å²) < 4.78 is 0. The first kappa shape index (κ1) is 17.9. The summed E-state index contributed by atoms with van der Waals surface area (Å²) in [5.41, 5.74) is 5.99. The van der Waals surface area contributed by atoms with Crippen LogP contribution in [0.3, 0.4) is 0 Å². The van der Waals surface area contributed by atoms with Gasteiger partial charge in [0.1, 0.15) is 0 Å². The van der Waals surface area contributed by atoms with E-state index in [1.54, 1.807) is 17.7 Å². The lowest BCUT2D eigenvalue weighted by molar-refractivity contribution is 0.0696. The molecule has 29 heavy (non-hydrogen) atoms. The number of fused-ring (bicyclic) bond motifs is 2. The highest BCUT2D eigenvalue weighted by Crippen LogP contribution is 2.39. The Morgan fingerprint density at radius 3 is 2.79 bits per heavy atom. The van der Waals surface area contributed by atoms with Crippen LogP contribution < -0.4 is 4.90 Å². The predicted octanol–water partition coefficient (Wildman–Crippen LogP) is 4.48. The third-order valence-electron chi connectivity index (χ3n) is 5.62. The van der Waals surface area contributed by atoms with Gasteiger partial charge in [0.15, 0.2) is 0 Å². The van der Waals surface area contributed by atoms with Gasteiger partial charge in [-0.25, -0.2) is 4.98 Å². The zero-order valence-corrected chi connectivity index (χ0v) is 17.2. The number of benzene rings is 2. The molecular weight excluding hydrogens is 380 g/mol. The maximum absolute atomic E-state index is 13.5. The third kappa shape index (κ3) is 3.09. The van der Waals surface area contributed by atoms with Crippen molar-refractivity contribution in [2.45, 2.75) is 12.5 Å². The van der Waals surface area contributed by atoms with E-state index in [4.69, 9.17) is 0 Å². The van der Waals surface area contributed by atoms with E-state index in [1.165, 1.54) is 10.4 Å². The van der Waals surface area contributed by atoms with Crippen molar-refractivity contribution < 1.29 is 4.79 Å². The lowest BCUT2D eigenvalue weighted by Crippen LogP contribution is -2.40. The van der Waals surface area contributed by atoms with E-state index in [1.807, 2.05) is 37.2 Å². The number of carbonyl (C=O) groups excluding carboxylic acids is 1. The van der Waals surface area contributed by atoms with E-state index in [9.17, 15) is 4.79 Å². The van der Waals surface area contributed by atoms with Crippen LogP contribution in [0.4, 0.5) is 5.69 Å². The standard InChI is InChI=1S/C23H22N4OS/c1-26(2)17-6-3-15(4-7-17)22-18-10-12-29-21(18)9-11-27(22)23(28)16-5-8-19-20(13-16)25-14-24-19/h3-8,10,12-14,22H,9,11H2,1-2H3,(H,24,25). The van der Waals surface area contributed by atoms with E-state index in [0.29, 0.717) is 12.1 Å². The topological polar surface area (TPSA) is 52.2 Å². The Bertz CT molecular complexity index is 1180. The second-order valence-corrected chi connectivity index (χ2v) is 8.57. The van der Waals surface area contributed by atoms with E-state index < -0.39 is 0 Å². The van der Waals surface area contributed by atoms with Gasteiger partial charge in [-0.3, -0.25) is 4.79 Å². The van der Waals surface area contributed by atoms with Crippen LogP contribution in [-0.4, -0.2) is 41.4 Å². The molecule has 3 heterocycles. The fourth-order valence-corrected chi connectivity index (χ4v) is 4.99. The van der Waals surface area contributed by atoms with Gasteiger partial charge < -0.3 is 14.8 Å². The first-order valence-corrected chi connectivity index (χ1v) is 10.6. The van der Waals surface area contributed by atoms with Crippen LogP contribution in [0.25, 0.3) is 11.0 Å². The quantitative estimate of drug-likeness (QED) is 0.550. The van der Waals surface area contributed by atoms with Crippen LogP contribution in [0.5, 0.6) is 0 Å². The van der Waals surface area contributed by atoms with Gasteiger partial charge in [0.25, 0.3) is 5.91 Å². The van der Waals surface area contributed by atoms with Gasteiger partial charge in [-0.2, -0.15) is 0 Å². The summed E-state index contributed by atoms with van der Waals surface area (Å²) in [6.07, 6.45) is 2.56. The summed E-state index contributed by atoms with van der Waals surface area (Å²) >= 11 is 1.78. The highest BCUT2D eigenvalue weighted by molar-refractivity contribution is 7.10. The summed E-state index contributed by atoms with van der Waals surface area (Å²) in [4.78, 5) is 26.4. The number of H-pyrrole nitrogens is 1. The molecule has 1 N–H and O–H groups in total. The van der Waals surface area contributed by atoms with Crippen molar-refractivity contribution in [3.8, 4) is 0 Å². The molecule has 0 bridgehead atoms. The van der Waals surface area contributed by atoms with Gasteiger partial charge >= 0.3 is 0 Å². The number of aromatic nitrogens is 2. The molecule has 5 nitrogen and oxygen atoms in total. The van der Waals surface area contributed by atoms with Crippen molar-refractivity contribution in [2.75, 3.05) is 25.5 Å². The Labute approximate surface area is 173 Å². The predicted molar refractivity (Wildman–Crippen MR) is 118 cm³/mol. The fraction of sp³-hybridized carbons (Fsp3) is 0.217. The molecule has 4 aromatic rings. The SMILES string of the molecule is CN(C)c1ccc(C2c3ccsc3CCN2C(=O)c2ccc3nc[nH]c3c2)cc1. The number of rotatable bonds is 3. The fourth-order valence-electron chi connectivity index (χ4n) is 4.08. The number of hydrogen-bond donors (Lipinski definition) is 1. The summed E-state index contributed by atoms with van der Waals surface area (Å²) in [6.45, 7) is 0.716. The molecule has 0 radical (unpaired) electrons. The van der Waals surface area contributed by atoms with Crippen molar-refractivity contribution in [3.63, 3.8) is 0 Å². The molecular formula is C23H22N4OS. The summed E-state index contributed by atoms with van der Waals surface area (Å²) in [5.74, 6) is 0.0556. The molecule has 1 atom stereocenters. The Hall–Kier alpha value is -3.12.